The molecule has 0 aromatic heterocycles. The van der Waals surface area contributed by atoms with Crippen LogP contribution in [0.4, 0.5) is 10.1 Å². The molecule has 3 nitrogen and oxygen atoms in total. The van der Waals surface area contributed by atoms with Crippen molar-refractivity contribution in [2.24, 2.45) is 0 Å². The van der Waals surface area contributed by atoms with Crippen LogP contribution in [0.25, 0.3) is 0 Å². The smallest absolute Gasteiger partial charge is 0.262 e. The van der Waals surface area contributed by atoms with E-state index in [1.807, 2.05) is 25.1 Å². The molecule has 0 spiro atoms. The van der Waals surface area contributed by atoms with Crippen molar-refractivity contribution in [1.82, 2.24) is 0 Å². The fourth-order valence-electron chi connectivity index (χ4n) is 1.69. The zero-order valence-electron chi connectivity index (χ0n) is 11.1. The summed E-state index contributed by atoms with van der Waals surface area (Å²) in [6.07, 6.45) is 0. The maximum atomic E-state index is 12.9. The molecule has 0 bridgehead atoms. The molecule has 110 valence electrons. The van der Waals surface area contributed by atoms with E-state index in [1.54, 1.807) is 0 Å². The molecule has 2 aromatic carbocycles. The van der Waals surface area contributed by atoms with Crippen molar-refractivity contribution < 1.29 is 13.9 Å². The van der Waals surface area contributed by atoms with Gasteiger partial charge in [-0.3, -0.25) is 4.79 Å². The third kappa shape index (κ3) is 4.67. The van der Waals surface area contributed by atoms with Gasteiger partial charge in [0.25, 0.3) is 5.91 Å². The summed E-state index contributed by atoms with van der Waals surface area (Å²) in [6, 6.07) is 9.79. The third-order valence-corrected chi connectivity index (χ3v) is 4.01. The van der Waals surface area contributed by atoms with Crippen LogP contribution in [0.3, 0.4) is 0 Å². The maximum absolute atomic E-state index is 12.9. The highest BCUT2D eigenvalue weighted by atomic mass is 127. The zero-order chi connectivity index (χ0) is 15.4. The number of rotatable bonds is 4. The van der Waals surface area contributed by atoms with Gasteiger partial charge in [-0.25, -0.2) is 4.39 Å². The summed E-state index contributed by atoms with van der Waals surface area (Å²) >= 11 is 5.40. The lowest BCUT2D eigenvalue weighted by Gasteiger charge is -2.10. The van der Waals surface area contributed by atoms with Gasteiger partial charge in [0.2, 0.25) is 0 Å². The maximum Gasteiger partial charge on any atom is 0.262 e. The summed E-state index contributed by atoms with van der Waals surface area (Å²) in [5, 5.41) is 2.78. The molecule has 1 amide bonds. The highest BCUT2D eigenvalue weighted by Crippen LogP contribution is 2.25. The second-order valence-corrected chi connectivity index (χ2v) is 6.47. The Morgan fingerprint density at radius 1 is 1.33 bits per heavy atom. The summed E-state index contributed by atoms with van der Waals surface area (Å²) < 4.78 is 19.9. The molecule has 0 unspecified atom stereocenters. The summed E-state index contributed by atoms with van der Waals surface area (Å²) in [6.45, 7) is 1.78. The van der Waals surface area contributed by atoms with E-state index in [9.17, 15) is 9.18 Å². The number of halogens is 3. The first kappa shape index (κ1) is 16.2. The monoisotopic (exact) mass is 463 g/mol. The van der Waals surface area contributed by atoms with Crippen LogP contribution in [0.15, 0.2) is 40.9 Å². The molecule has 0 atom stereocenters. The van der Waals surface area contributed by atoms with Crippen LogP contribution < -0.4 is 10.1 Å². The van der Waals surface area contributed by atoms with Gasteiger partial charge >= 0.3 is 0 Å². The van der Waals surface area contributed by atoms with Gasteiger partial charge in [-0.1, -0.05) is 0 Å². The number of anilines is 1. The fraction of sp³-hybridized carbons (Fsp3) is 0.133. The molecule has 2 rings (SSSR count). The summed E-state index contributed by atoms with van der Waals surface area (Å²) in [4.78, 5) is 11.9. The molecular weight excluding hydrogens is 452 g/mol. The molecule has 0 heterocycles. The first-order valence-corrected chi connectivity index (χ1v) is 7.97. The lowest BCUT2D eigenvalue weighted by Crippen LogP contribution is -2.20. The minimum atomic E-state index is -0.367. The lowest BCUT2D eigenvalue weighted by molar-refractivity contribution is -0.118. The Balaban J connectivity index is 1.96. The number of nitrogens with one attached hydrogen (secondary N) is 1. The van der Waals surface area contributed by atoms with Crippen LogP contribution in [0.5, 0.6) is 5.75 Å². The summed E-state index contributed by atoms with van der Waals surface area (Å²) in [5.74, 6) is -0.213. The Labute approximate surface area is 144 Å². The number of aryl methyl sites for hydroxylation is 1. The molecule has 0 aliphatic carbocycles. The van der Waals surface area contributed by atoms with Crippen molar-refractivity contribution in [3.63, 3.8) is 0 Å². The molecule has 0 aliphatic heterocycles. The van der Waals surface area contributed by atoms with Crippen LogP contribution in [0.2, 0.25) is 0 Å². The van der Waals surface area contributed by atoms with E-state index in [2.05, 4.69) is 43.8 Å². The third-order valence-electron chi connectivity index (χ3n) is 2.72. The number of hydrogen-bond acceptors (Lipinski definition) is 2. The second kappa shape index (κ2) is 7.22. The summed E-state index contributed by atoms with van der Waals surface area (Å²) in [7, 11) is 0. The molecule has 0 fully saturated rings. The highest BCUT2D eigenvalue weighted by molar-refractivity contribution is 14.1. The number of ether oxygens (including phenoxy) is 1. The topological polar surface area (TPSA) is 38.3 Å². The number of benzene rings is 2. The average Bonchev–Trinajstić information content (AvgIpc) is 2.41. The van der Waals surface area contributed by atoms with Gasteiger partial charge in [0.05, 0.1) is 4.47 Å². The van der Waals surface area contributed by atoms with Gasteiger partial charge in [0, 0.05) is 9.26 Å². The Morgan fingerprint density at radius 3 is 2.76 bits per heavy atom. The van der Waals surface area contributed by atoms with Crippen LogP contribution in [0, 0.1) is 16.3 Å². The number of hydrogen-bond donors (Lipinski definition) is 1. The van der Waals surface area contributed by atoms with Crippen molar-refractivity contribution in [1.29, 1.82) is 0 Å². The summed E-state index contributed by atoms with van der Waals surface area (Å²) in [5.41, 5.74) is 1.74. The average molecular weight is 464 g/mol. The number of amides is 1. The van der Waals surface area contributed by atoms with Crippen LogP contribution >= 0.6 is 38.5 Å². The molecule has 1 N–H and O–H groups in total. The molecule has 21 heavy (non-hydrogen) atoms. The van der Waals surface area contributed by atoms with Gasteiger partial charge in [0.15, 0.2) is 6.61 Å². The Kier molecular flexibility index (Phi) is 5.58. The Morgan fingerprint density at radius 2 is 2.10 bits per heavy atom. The Bertz CT molecular complexity index is 679. The van der Waals surface area contributed by atoms with E-state index in [-0.39, 0.29) is 18.3 Å². The quantitative estimate of drug-likeness (QED) is 0.677. The highest BCUT2D eigenvalue weighted by Gasteiger charge is 2.08. The van der Waals surface area contributed by atoms with E-state index in [4.69, 9.17) is 4.74 Å². The van der Waals surface area contributed by atoms with Crippen LogP contribution in [-0.4, -0.2) is 12.5 Å². The molecule has 2 aromatic rings. The van der Waals surface area contributed by atoms with Crippen LogP contribution in [0.1, 0.15) is 5.56 Å². The van der Waals surface area contributed by atoms with Gasteiger partial charge in [-0.05, 0) is 87.4 Å². The molecular formula is C15H12BrFINO2. The second-order valence-electron chi connectivity index (χ2n) is 4.37. The predicted octanol–water partition coefficient (Wildman–Crippen LogP) is 4.52. The minimum absolute atomic E-state index is 0.143. The molecule has 6 heteroatoms. The van der Waals surface area contributed by atoms with Crippen molar-refractivity contribution in [2.75, 3.05) is 11.9 Å². The van der Waals surface area contributed by atoms with E-state index in [1.165, 1.54) is 18.2 Å². The van der Waals surface area contributed by atoms with Gasteiger partial charge in [-0.2, -0.15) is 0 Å². The molecule has 0 aliphatic rings. The molecule has 0 saturated carbocycles. The zero-order valence-corrected chi connectivity index (χ0v) is 14.9. The van der Waals surface area contributed by atoms with E-state index in [0.717, 1.165) is 14.8 Å². The van der Waals surface area contributed by atoms with E-state index >= 15 is 0 Å². The van der Waals surface area contributed by atoms with E-state index < -0.39 is 0 Å². The van der Waals surface area contributed by atoms with Gasteiger partial charge in [0.1, 0.15) is 11.6 Å². The van der Waals surface area contributed by atoms with Crippen LogP contribution in [-0.2, 0) is 4.79 Å². The molecule has 0 saturated heterocycles. The predicted molar refractivity (Wildman–Crippen MR) is 92.1 cm³/mol. The van der Waals surface area contributed by atoms with Crippen molar-refractivity contribution in [3.8, 4) is 5.75 Å². The minimum Gasteiger partial charge on any atom is -0.483 e. The van der Waals surface area contributed by atoms with E-state index in [0.29, 0.717) is 10.2 Å². The first-order valence-electron chi connectivity index (χ1n) is 6.09. The van der Waals surface area contributed by atoms with Crippen molar-refractivity contribution in [2.45, 2.75) is 6.92 Å². The fourth-order valence-corrected chi connectivity index (χ4v) is 2.80. The van der Waals surface area contributed by atoms with Crippen molar-refractivity contribution in [3.05, 3.63) is 55.8 Å². The Hall–Kier alpha value is -1.15. The lowest BCUT2D eigenvalue weighted by atomic mass is 10.2. The molecule has 0 radical (unpaired) electrons. The standard InChI is InChI=1S/C15H12BrFINO2/c1-9-6-11(18)3-4-13(9)19-15(20)8-21-14-5-2-10(17)7-12(14)16/h2-7H,8H2,1H3,(H,19,20). The van der Waals surface area contributed by atoms with Gasteiger partial charge < -0.3 is 10.1 Å². The normalized spacial score (nSPS) is 10.3. The number of carbonyl (C=O) groups excluding carboxylic acids is 1. The van der Waals surface area contributed by atoms with Gasteiger partial charge in [-0.15, -0.1) is 0 Å². The van der Waals surface area contributed by atoms with Crippen molar-refractivity contribution >= 4 is 50.1 Å². The SMILES string of the molecule is Cc1cc(I)ccc1NC(=O)COc1ccc(F)cc1Br. The first-order chi connectivity index (χ1) is 9.95. The number of carbonyl (C=O) groups is 1. The largest absolute Gasteiger partial charge is 0.483 e.